The van der Waals surface area contributed by atoms with E-state index in [0.29, 0.717) is 22.9 Å². The van der Waals surface area contributed by atoms with Crippen LogP contribution in [0.5, 0.6) is 5.75 Å². The van der Waals surface area contributed by atoms with Gasteiger partial charge in [-0.25, -0.2) is 0 Å². The molecule has 0 aromatic heterocycles. The SMILES string of the molecule is COc1cc(Cl)ccc1C(=O)NCC1(C)CCNCC1.Cl. The molecule has 4 nitrogen and oxygen atoms in total. The van der Waals surface area contributed by atoms with Crippen molar-refractivity contribution in [3.05, 3.63) is 28.8 Å². The lowest BCUT2D eigenvalue weighted by Gasteiger charge is -2.34. The molecule has 0 bridgehead atoms. The highest BCUT2D eigenvalue weighted by molar-refractivity contribution is 6.30. The van der Waals surface area contributed by atoms with Gasteiger partial charge in [0, 0.05) is 11.6 Å². The highest BCUT2D eigenvalue weighted by Crippen LogP contribution is 2.27. The van der Waals surface area contributed by atoms with Gasteiger partial charge in [-0.15, -0.1) is 12.4 Å². The van der Waals surface area contributed by atoms with E-state index in [-0.39, 0.29) is 23.7 Å². The molecule has 1 aliphatic heterocycles. The van der Waals surface area contributed by atoms with Gasteiger partial charge in [0.05, 0.1) is 12.7 Å². The number of piperidine rings is 1. The number of hydrogen-bond donors (Lipinski definition) is 2. The Morgan fingerprint density at radius 3 is 2.71 bits per heavy atom. The second-order valence-corrected chi connectivity index (χ2v) is 6.02. The standard InChI is InChI=1S/C15H21ClN2O2.ClH/c1-15(5-7-17-8-6-15)10-18-14(19)12-4-3-11(16)9-13(12)20-2;/h3-4,9,17H,5-8,10H2,1-2H3,(H,18,19);1H. The number of carbonyl (C=O) groups is 1. The lowest BCUT2D eigenvalue weighted by molar-refractivity contribution is 0.0919. The van der Waals surface area contributed by atoms with Crippen molar-refractivity contribution < 1.29 is 9.53 Å². The summed E-state index contributed by atoms with van der Waals surface area (Å²) in [5.41, 5.74) is 0.690. The van der Waals surface area contributed by atoms with Crippen LogP contribution in [0.2, 0.25) is 5.02 Å². The summed E-state index contributed by atoms with van der Waals surface area (Å²) in [7, 11) is 1.54. The lowest BCUT2D eigenvalue weighted by atomic mass is 9.81. The first-order valence-corrected chi connectivity index (χ1v) is 7.24. The summed E-state index contributed by atoms with van der Waals surface area (Å²) in [6, 6.07) is 5.05. The zero-order valence-electron chi connectivity index (χ0n) is 12.4. The summed E-state index contributed by atoms with van der Waals surface area (Å²) >= 11 is 5.90. The van der Waals surface area contributed by atoms with Gasteiger partial charge in [-0.05, 0) is 49.5 Å². The molecule has 1 aromatic rings. The molecule has 1 aromatic carbocycles. The van der Waals surface area contributed by atoms with Crippen LogP contribution in [0.3, 0.4) is 0 Å². The van der Waals surface area contributed by atoms with E-state index in [1.165, 1.54) is 7.11 Å². The zero-order chi connectivity index (χ0) is 14.6. The maximum atomic E-state index is 12.3. The van der Waals surface area contributed by atoms with E-state index in [4.69, 9.17) is 16.3 Å². The number of ether oxygens (including phenoxy) is 1. The first-order chi connectivity index (χ1) is 9.54. The number of rotatable bonds is 4. The van der Waals surface area contributed by atoms with E-state index in [2.05, 4.69) is 17.6 Å². The summed E-state index contributed by atoms with van der Waals surface area (Å²) in [4.78, 5) is 12.3. The predicted molar refractivity (Wildman–Crippen MR) is 87.8 cm³/mol. The minimum absolute atomic E-state index is 0. The number of hydrogen-bond acceptors (Lipinski definition) is 3. The van der Waals surface area contributed by atoms with Crippen LogP contribution in [0, 0.1) is 5.41 Å². The highest BCUT2D eigenvalue weighted by Gasteiger charge is 2.27. The number of amides is 1. The fourth-order valence-corrected chi connectivity index (χ4v) is 2.61. The van der Waals surface area contributed by atoms with Crippen molar-refractivity contribution in [2.45, 2.75) is 19.8 Å². The third-order valence-corrected chi connectivity index (χ3v) is 4.13. The minimum Gasteiger partial charge on any atom is -0.496 e. The van der Waals surface area contributed by atoms with E-state index >= 15 is 0 Å². The molecule has 2 rings (SSSR count). The molecule has 0 atom stereocenters. The maximum Gasteiger partial charge on any atom is 0.255 e. The van der Waals surface area contributed by atoms with Gasteiger partial charge >= 0.3 is 0 Å². The van der Waals surface area contributed by atoms with Crippen LogP contribution in [-0.2, 0) is 0 Å². The molecule has 1 aliphatic rings. The van der Waals surface area contributed by atoms with Crippen molar-refractivity contribution in [2.24, 2.45) is 5.41 Å². The van der Waals surface area contributed by atoms with Crippen LogP contribution in [0.25, 0.3) is 0 Å². The molecule has 0 aliphatic carbocycles. The number of benzene rings is 1. The van der Waals surface area contributed by atoms with Gasteiger partial charge < -0.3 is 15.4 Å². The van der Waals surface area contributed by atoms with Gasteiger partial charge in [0.2, 0.25) is 0 Å². The van der Waals surface area contributed by atoms with Gasteiger partial charge in [0.15, 0.2) is 0 Å². The van der Waals surface area contributed by atoms with Gasteiger partial charge in [-0.3, -0.25) is 4.79 Å². The van der Waals surface area contributed by atoms with Gasteiger partial charge in [-0.2, -0.15) is 0 Å². The number of carbonyl (C=O) groups excluding carboxylic acids is 1. The second-order valence-electron chi connectivity index (χ2n) is 5.59. The fraction of sp³-hybridized carbons (Fsp3) is 0.533. The molecule has 0 spiro atoms. The third-order valence-electron chi connectivity index (χ3n) is 3.89. The van der Waals surface area contributed by atoms with Crippen LogP contribution in [0.15, 0.2) is 18.2 Å². The Kier molecular flexibility index (Phi) is 6.78. The van der Waals surface area contributed by atoms with E-state index in [0.717, 1.165) is 25.9 Å². The summed E-state index contributed by atoms with van der Waals surface area (Å²) in [5.74, 6) is 0.392. The normalized spacial score (nSPS) is 16.7. The summed E-state index contributed by atoms with van der Waals surface area (Å²) in [6.45, 7) is 4.92. The topological polar surface area (TPSA) is 50.4 Å². The molecule has 2 N–H and O–H groups in total. The number of halogens is 2. The number of methoxy groups -OCH3 is 1. The van der Waals surface area contributed by atoms with Crippen molar-refractivity contribution in [3.63, 3.8) is 0 Å². The predicted octanol–water partition coefficient (Wildman–Crippen LogP) is 2.89. The first-order valence-electron chi connectivity index (χ1n) is 6.86. The van der Waals surface area contributed by atoms with Crippen molar-refractivity contribution >= 4 is 29.9 Å². The van der Waals surface area contributed by atoms with Crippen LogP contribution < -0.4 is 15.4 Å². The smallest absolute Gasteiger partial charge is 0.255 e. The molecule has 1 fully saturated rings. The Morgan fingerprint density at radius 2 is 2.10 bits per heavy atom. The van der Waals surface area contributed by atoms with Crippen LogP contribution in [0.1, 0.15) is 30.1 Å². The molecule has 0 unspecified atom stereocenters. The first kappa shape index (κ1) is 18.1. The summed E-state index contributed by atoms with van der Waals surface area (Å²) in [6.07, 6.45) is 2.15. The largest absolute Gasteiger partial charge is 0.496 e. The monoisotopic (exact) mass is 332 g/mol. The van der Waals surface area contributed by atoms with Gasteiger partial charge in [0.1, 0.15) is 5.75 Å². The Bertz CT molecular complexity index is 489. The van der Waals surface area contributed by atoms with Crippen molar-refractivity contribution in [2.75, 3.05) is 26.7 Å². The molecule has 0 saturated carbocycles. The lowest BCUT2D eigenvalue weighted by Crippen LogP contribution is -2.42. The van der Waals surface area contributed by atoms with Crippen LogP contribution in [0.4, 0.5) is 0 Å². The molecule has 6 heteroatoms. The quantitative estimate of drug-likeness (QED) is 0.891. The van der Waals surface area contributed by atoms with E-state index in [1.54, 1.807) is 18.2 Å². The Morgan fingerprint density at radius 1 is 1.43 bits per heavy atom. The van der Waals surface area contributed by atoms with Gasteiger partial charge in [0.25, 0.3) is 5.91 Å². The van der Waals surface area contributed by atoms with E-state index in [9.17, 15) is 4.79 Å². The molecule has 1 heterocycles. The fourth-order valence-electron chi connectivity index (χ4n) is 2.45. The summed E-state index contributed by atoms with van der Waals surface area (Å²) in [5, 5.41) is 6.91. The third kappa shape index (κ3) is 4.77. The van der Waals surface area contributed by atoms with Gasteiger partial charge in [-0.1, -0.05) is 18.5 Å². The molecular weight excluding hydrogens is 311 g/mol. The molecule has 0 radical (unpaired) electrons. The van der Waals surface area contributed by atoms with E-state index < -0.39 is 0 Å². The van der Waals surface area contributed by atoms with Crippen molar-refractivity contribution in [1.29, 1.82) is 0 Å². The van der Waals surface area contributed by atoms with Crippen molar-refractivity contribution in [1.82, 2.24) is 10.6 Å². The Labute approximate surface area is 137 Å². The summed E-state index contributed by atoms with van der Waals surface area (Å²) < 4.78 is 5.21. The molecule has 21 heavy (non-hydrogen) atoms. The molecule has 1 amide bonds. The zero-order valence-corrected chi connectivity index (χ0v) is 13.9. The molecule has 118 valence electrons. The second kappa shape index (κ2) is 7.87. The Balaban J connectivity index is 0.00000220. The van der Waals surface area contributed by atoms with Crippen LogP contribution in [-0.4, -0.2) is 32.7 Å². The molecular formula is C15H22Cl2N2O2. The molecule has 1 saturated heterocycles. The number of nitrogens with one attached hydrogen (secondary N) is 2. The maximum absolute atomic E-state index is 12.3. The van der Waals surface area contributed by atoms with Crippen molar-refractivity contribution in [3.8, 4) is 5.75 Å². The van der Waals surface area contributed by atoms with E-state index in [1.807, 2.05) is 0 Å². The average Bonchev–Trinajstić information content (AvgIpc) is 2.45. The van der Waals surface area contributed by atoms with Crippen LogP contribution >= 0.6 is 24.0 Å². The minimum atomic E-state index is -0.113. The Hall–Kier alpha value is -0.970. The highest BCUT2D eigenvalue weighted by atomic mass is 35.5. The average molecular weight is 333 g/mol.